The summed E-state index contributed by atoms with van der Waals surface area (Å²) in [6.07, 6.45) is 5.57. The summed E-state index contributed by atoms with van der Waals surface area (Å²) < 4.78 is 5.57. The average molecular weight is 229 g/mol. The number of hydrogen-bond acceptors (Lipinski definition) is 2. The Balaban J connectivity index is 2.24. The molecule has 2 rings (SSSR count). The summed E-state index contributed by atoms with van der Waals surface area (Å²) in [6.45, 7) is 0.887. The van der Waals surface area contributed by atoms with Crippen molar-refractivity contribution in [3.8, 4) is 12.3 Å². The molecule has 88 valence electrons. The fourth-order valence-corrected chi connectivity index (χ4v) is 2.01. The van der Waals surface area contributed by atoms with Gasteiger partial charge in [-0.25, -0.2) is 0 Å². The van der Waals surface area contributed by atoms with E-state index in [1.807, 2.05) is 24.3 Å². The van der Waals surface area contributed by atoms with Gasteiger partial charge in [-0.1, -0.05) is 30.2 Å². The molecule has 1 aromatic rings. The highest BCUT2D eigenvalue weighted by atomic mass is 16.5. The monoisotopic (exact) mass is 229 g/mol. The summed E-state index contributed by atoms with van der Waals surface area (Å²) in [7, 11) is 1.70. The van der Waals surface area contributed by atoms with Gasteiger partial charge in [0.1, 0.15) is 0 Å². The summed E-state index contributed by atoms with van der Waals surface area (Å²) in [5.41, 5.74) is 2.15. The molecule has 3 nitrogen and oxygen atoms in total. The van der Waals surface area contributed by atoms with Crippen LogP contribution in [0.2, 0.25) is 0 Å². The minimum atomic E-state index is -0.502. The molecule has 17 heavy (non-hydrogen) atoms. The molecule has 0 saturated heterocycles. The van der Waals surface area contributed by atoms with Gasteiger partial charge in [-0.2, -0.15) is 0 Å². The van der Waals surface area contributed by atoms with Crippen molar-refractivity contribution >= 4 is 5.91 Å². The van der Waals surface area contributed by atoms with E-state index in [4.69, 9.17) is 11.2 Å². The van der Waals surface area contributed by atoms with Crippen LogP contribution in [0.15, 0.2) is 24.3 Å². The predicted octanol–water partition coefficient (Wildman–Crippen LogP) is 1.39. The Bertz CT molecular complexity index is 462. The fourth-order valence-electron chi connectivity index (χ4n) is 2.01. The lowest BCUT2D eigenvalue weighted by Gasteiger charge is -2.28. The number of rotatable bonds is 2. The molecular weight excluding hydrogens is 214 g/mol. The summed E-state index contributed by atoms with van der Waals surface area (Å²) in [6, 6.07) is 7.89. The van der Waals surface area contributed by atoms with E-state index in [-0.39, 0.29) is 5.91 Å². The van der Waals surface area contributed by atoms with Gasteiger partial charge in [-0.15, -0.1) is 6.42 Å². The van der Waals surface area contributed by atoms with Crippen molar-refractivity contribution in [1.82, 2.24) is 4.90 Å². The first-order valence-corrected chi connectivity index (χ1v) is 5.62. The average Bonchev–Trinajstić information content (AvgIpc) is 2.37. The van der Waals surface area contributed by atoms with Gasteiger partial charge in [-0.05, 0) is 17.5 Å². The second-order valence-corrected chi connectivity index (χ2v) is 4.10. The van der Waals surface area contributed by atoms with E-state index in [9.17, 15) is 4.79 Å². The zero-order valence-corrected chi connectivity index (χ0v) is 9.85. The molecule has 1 amide bonds. The van der Waals surface area contributed by atoms with Crippen LogP contribution in [0.4, 0.5) is 0 Å². The van der Waals surface area contributed by atoms with E-state index in [1.54, 1.807) is 7.05 Å². The van der Waals surface area contributed by atoms with Crippen LogP contribution < -0.4 is 0 Å². The van der Waals surface area contributed by atoms with Crippen LogP contribution in [0, 0.1) is 12.3 Å². The van der Waals surface area contributed by atoms with Crippen LogP contribution in [-0.2, 0) is 16.0 Å². The number of likely N-dealkylation sites (N-methyl/N-ethyl adjacent to an activating group) is 1. The van der Waals surface area contributed by atoms with Crippen molar-refractivity contribution in [3.05, 3.63) is 35.4 Å². The molecule has 0 radical (unpaired) electrons. The topological polar surface area (TPSA) is 29.5 Å². The molecule has 1 aromatic carbocycles. The fraction of sp³-hybridized carbons (Fsp3) is 0.357. The van der Waals surface area contributed by atoms with Gasteiger partial charge < -0.3 is 9.64 Å². The Labute approximate surface area is 101 Å². The minimum Gasteiger partial charge on any atom is -0.363 e. The maximum absolute atomic E-state index is 12.2. The van der Waals surface area contributed by atoms with Crippen LogP contribution in [0.3, 0.4) is 0 Å². The molecule has 0 aromatic heterocycles. The van der Waals surface area contributed by atoms with E-state index in [0.717, 1.165) is 12.0 Å². The molecule has 3 heteroatoms. The molecule has 1 aliphatic rings. The smallest absolute Gasteiger partial charge is 0.256 e. The third-order valence-electron chi connectivity index (χ3n) is 2.92. The SMILES string of the molecule is C#CCN(C)C(=O)C1OCCc2ccccc21. The van der Waals surface area contributed by atoms with Crippen molar-refractivity contribution in [2.75, 3.05) is 20.2 Å². The highest BCUT2D eigenvalue weighted by Gasteiger charge is 2.28. The summed E-state index contributed by atoms with van der Waals surface area (Å²) in [5.74, 6) is 2.39. The van der Waals surface area contributed by atoms with Crippen LogP contribution >= 0.6 is 0 Å². The van der Waals surface area contributed by atoms with Gasteiger partial charge in [0.05, 0.1) is 13.2 Å². The zero-order chi connectivity index (χ0) is 12.3. The quantitative estimate of drug-likeness (QED) is 0.717. The third kappa shape index (κ3) is 2.32. The number of amides is 1. The third-order valence-corrected chi connectivity index (χ3v) is 2.92. The van der Waals surface area contributed by atoms with E-state index >= 15 is 0 Å². The number of hydrogen-bond donors (Lipinski definition) is 0. The van der Waals surface area contributed by atoms with Gasteiger partial charge in [0.15, 0.2) is 6.10 Å². The molecule has 0 aliphatic carbocycles. The lowest BCUT2D eigenvalue weighted by atomic mass is 9.97. The highest BCUT2D eigenvalue weighted by Crippen LogP contribution is 2.28. The van der Waals surface area contributed by atoms with Gasteiger partial charge in [0, 0.05) is 7.05 Å². The van der Waals surface area contributed by atoms with Crippen molar-refractivity contribution in [2.45, 2.75) is 12.5 Å². The first kappa shape index (κ1) is 11.7. The zero-order valence-electron chi connectivity index (χ0n) is 9.85. The Kier molecular flexibility index (Phi) is 3.46. The molecule has 0 saturated carbocycles. The normalized spacial score (nSPS) is 18.0. The molecule has 0 N–H and O–H groups in total. The molecule has 0 spiro atoms. The van der Waals surface area contributed by atoms with Gasteiger partial charge in [0.25, 0.3) is 5.91 Å². The molecule has 1 heterocycles. The molecular formula is C14H15NO2. The van der Waals surface area contributed by atoms with E-state index in [2.05, 4.69) is 5.92 Å². The van der Waals surface area contributed by atoms with Crippen molar-refractivity contribution in [3.63, 3.8) is 0 Å². The van der Waals surface area contributed by atoms with E-state index in [0.29, 0.717) is 13.2 Å². The first-order chi connectivity index (χ1) is 8.24. The largest absolute Gasteiger partial charge is 0.363 e. The number of carbonyl (C=O) groups excluding carboxylic acids is 1. The van der Waals surface area contributed by atoms with Gasteiger partial charge in [0.2, 0.25) is 0 Å². The van der Waals surface area contributed by atoms with Crippen molar-refractivity contribution in [2.24, 2.45) is 0 Å². The number of benzene rings is 1. The number of nitrogens with zero attached hydrogens (tertiary/aromatic N) is 1. The maximum atomic E-state index is 12.2. The molecule has 1 unspecified atom stereocenters. The summed E-state index contributed by atoms with van der Waals surface area (Å²) in [5, 5.41) is 0. The van der Waals surface area contributed by atoms with Crippen molar-refractivity contribution in [1.29, 1.82) is 0 Å². The van der Waals surface area contributed by atoms with Crippen LogP contribution in [0.1, 0.15) is 17.2 Å². The lowest BCUT2D eigenvalue weighted by Crippen LogP contribution is -2.35. The van der Waals surface area contributed by atoms with Crippen LogP contribution in [0.25, 0.3) is 0 Å². The second kappa shape index (κ2) is 5.03. The number of ether oxygens (including phenoxy) is 1. The van der Waals surface area contributed by atoms with Crippen molar-refractivity contribution < 1.29 is 9.53 Å². The molecule has 0 fully saturated rings. The highest BCUT2D eigenvalue weighted by molar-refractivity contribution is 5.83. The number of carbonyl (C=O) groups is 1. The number of terminal acetylenes is 1. The van der Waals surface area contributed by atoms with E-state index in [1.165, 1.54) is 10.5 Å². The summed E-state index contributed by atoms with van der Waals surface area (Å²) in [4.78, 5) is 13.7. The van der Waals surface area contributed by atoms with Gasteiger partial charge in [-0.3, -0.25) is 4.79 Å². The summed E-state index contributed by atoms with van der Waals surface area (Å²) >= 11 is 0. The van der Waals surface area contributed by atoms with E-state index < -0.39 is 6.10 Å². The van der Waals surface area contributed by atoms with Crippen LogP contribution in [0.5, 0.6) is 0 Å². The maximum Gasteiger partial charge on any atom is 0.256 e. The Morgan fingerprint density at radius 3 is 3.12 bits per heavy atom. The lowest BCUT2D eigenvalue weighted by molar-refractivity contribution is -0.143. The Morgan fingerprint density at radius 1 is 1.59 bits per heavy atom. The molecule has 0 bridgehead atoms. The van der Waals surface area contributed by atoms with Crippen LogP contribution in [-0.4, -0.2) is 31.0 Å². The Morgan fingerprint density at radius 2 is 2.35 bits per heavy atom. The van der Waals surface area contributed by atoms with Gasteiger partial charge >= 0.3 is 0 Å². The molecule has 1 atom stereocenters. The second-order valence-electron chi connectivity index (χ2n) is 4.10. The number of fused-ring (bicyclic) bond motifs is 1. The first-order valence-electron chi connectivity index (χ1n) is 5.62. The Hall–Kier alpha value is -1.79. The molecule has 1 aliphatic heterocycles. The minimum absolute atomic E-state index is 0.0740. The predicted molar refractivity (Wildman–Crippen MR) is 65.3 cm³/mol. The standard InChI is InChI=1S/C14H15NO2/c1-3-9-15(2)14(16)13-12-7-5-4-6-11(12)8-10-17-13/h1,4-7,13H,8-10H2,2H3.